The van der Waals surface area contributed by atoms with E-state index in [9.17, 15) is 14.4 Å². The van der Waals surface area contributed by atoms with Gasteiger partial charge >= 0.3 is 0 Å². The van der Waals surface area contributed by atoms with Gasteiger partial charge in [0.25, 0.3) is 0 Å². The lowest BCUT2D eigenvalue weighted by Gasteiger charge is -2.35. The van der Waals surface area contributed by atoms with Crippen LogP contribution in [0.1, 0.15) is 19.8 Å². The topological polar surface area (TPSA) is 73.0 Å². The second-order valence-electron chi connectivity index (χ2n) is 7.33. The Kier molecular flexibility index (Phi) is 7.07. The molecular formula is C20H27BrN4O3. The lowest BCUT2D eigenvalue weighted by Crippen LogP contribution is -2.52. The van der Waals surface area contributed by atoms with Gasteiger partial charge in [-0.05, 0) is 30.7 Å². The minimum Gasteiger partial charge on any atom is -0.355 e. The molecule has 152 valence electrons. The normalized spacial score (nSPS) is 20.5. The Bertz CT molecular complexity index is 717. The molecule has 3 amide bonds. The van der Waals surface area contributed by atoms with Gasteiger partial charge in [-0.3, -0.25) is 19.3 Å². The molecule has 1 aromatic carbocycles. The monoisotopic (exact) mass is 450 g/mol. The summed E-state index contributed by atoms with van der Waals surface area (Å²) in [5.41, 5.74) is 0.825. The van der Waals surface area contributed by atoms with Crippen molar-refractivity contribution in [2.75, 3.05) is 50.7 Å². The zero-order chi connectivity index (χ0) is 20.1. The highest BCUT2D eigenvalue weighted by atomic mass is 79.9. The molecule has 2 fully saturated rings. The van der Waals surface area contributed by atoms with Crippen molar-refractivity contribution in [3.05, 3.63) is 28.7 Å². The first-order chi connectivity index (χ1) is 13.5. The largest absolute Gasteiger partial charge is 0.355 e. The van der Waals surface area contributed by atoms with Crippen molar-refractivity contribution in [3.63, 3.8) is 0 Å². The fraction of sp³-hybridized carbons (Fsp3) is 0.550. The summed E-state index contributed by atoms with van der Waals surface area (Å²) in [6.07, 6.45) is 1.18. The Morgan fingerprint density at radius 1 is 1.14 bits per heavy atom. The van der Waals surface area contributed by atoms with Gasteiger partial charge in [0.2, 0.25) is 17.7 Å². The lowest BCUT2D eigenvalue weighted by molar-refractivity contribution is -0.137. The molecule has 0 saturated carbocycles. The molecule has 8 heteroatoms. The van der Waals surface area contributed by atoms with E-state index in [2.05, 4.69) is 26.1 Å². The number of hydrogen-bond acceptors (Lipinski definition) is 4. The summed E-state index contributed by atoms with van der Waals surface area (Å²) in [7, 11) is 0. The van der Waals surface area contributed by atoms with Crippen LogP contribution >= 0.6 is 15.9 Å². The van der Waals surface area contributed by atoms with E-state index in [-0.39, 0.29) is 30.1 Å². The number of piperazine rings is 1. The van der Waals surface area contributed by atoms with Crippen molar-refractivity contribution in [2.45, 2.75) is 19.8 Å². The van der Waals surface area contributed by atoms with Crippen molar-refractivity contribution >= 4 is 39.3 Å². The summed E-state index contributed by atoms with van der Waals surface area (Å²) >= 11 is 3.39. The number of anilines is 1. The van der Waals surface area contributed by atoms with Gasteiger partial charge in [0.1, 0.15) is 0 Å². The third-order valence-electron chi connectivity index (χ3n) is 5.24. The molecule has 0 aromatic heterocycles. The van der Waals surface area contributed by atoms with Gasteiger partial charge in [0.05, 0.1) is 12.5 Å². The molecule has 0 spiro atoms. The smallest absolute Gasteiger partial charge is 0.234 e. The van der Waals surface area contributed by atoms with Crippen LogP contribution in [-0.4, -0.2) is 73.3 Å². The Morgan fingerprint density at radius 2 is 1.82 bits per heavy atom. The molecule has 2 heterocycles. The van der Waals surface area contributed by atoms with E-state index >= 15 is 0 Å². The predicted octanol–water partition coefficient (Wildman–Crippen LogP) is 1.47. The van der Waals surface area contributed by atoms with Gasteiger partial charge in [-0.2, -0.15) is 0 Å². The second kappa shape index (κ2) is 9.52. The van der Waals surface area contributed by atoms with Crippen LogP contribution in [0, 0.1) is 5.92 Å². The number of carbonyl (C=O) groups is 3. The van der Waals surface area contributed by atoms with Gasteiger partial charge in [0, 0.05) is 55.8 Å². The van der Waals surface area contributed by atoms with Crippen LogP contribution in [0.2, 0.25) is 0 Å². The van der Waals surface area contributed by atoms with E-state index in [1.54, 1.807) is 4.90 Å². The maximum Gasteiger partial charge on any atom is 0.234 e. The second-order valence-corrected chi connectivity index (χ2v) is 8.25. The van der Waals surface area contributed by atoms with Crippen LogP contribution in [0.5, 0.6) is 0 Å². The van der Waals surface area contributed by atoms with Crippen LogP contribution in [0.3, 0.4) is 0 Å². The number of benzene rings is 1. The molecule has 1 atom stereocenters. The average Bonchev–Trinajstić information content (AvgIpc) is 3.08. The van der Waals surface area contributed by atoms with E-state index in [4.69, 9.17) is 0 Å². The zero-order valence-corrected chi connectivity index (χ0v) is 17.8. The standard InChI is InChI=1S/C20H27BrN4O3/c1-2-7-22-18(26)14-23-8-10-24(11-9-23)20(28)15-12-19(27)25(13-15)17-5-3-16(21)4-6-17/h3-6,15H,2,7-14H2,1H3,(H,22,26). The maximum absolute atomic E-state index is 12.9. The summed E-state index contributed by atoms with van der Waals surface area (Å²) < 4.78 is 0.955. The van der Waals surface area contributed by atoms with Crippen molar-refractivity contribution < 1.29 is 14.4 Å². The number of rotatable bonds is 6. The summed E-state index contributed by atoms with van der Waals surface area (Å²) in [5.74, 6) is -0.223. The number of amides is 3. The van der Waals surface area contributed by atoms with E-state index < -0.39 is 0 Å². The number of hydrogen-bond donors (Lipinski definition) is 1. The molecule has 7 nitrogen and oxygen atoms in total. The Morgan fingerprint density at radius 3 is 2.46 bits per heavy atom. The summed E-state index contributed by atoms with van der Waals surface area (Å²) in [6.45, 7) is 6.09. The first-order valence-electron chi connectivity index (χ1n) is 9.81. The number of nitrogens with zero attached hydrogens (tertiary/aromatic N) is 3. The molecule has 0 bridgehead atoms. The number of carbonyl (C=O) groups excluding carboxylic acids is 3. The molecule has 28 heavy (non-hydrogen) atoms. The summed E-state index contributed by atoms with van der Waals surface area (Å²) in [6, 6.07) is 7.57. The minimum absolute atomic E-state index is 0.00750. The van der Waals surface area contributed by atoms with Crippen molar-refractivity contribution in [1.82, 2.24) is 15.1 Å². The molecule has 0 aliphatic carbocycles. The molecule has 2 saturated heterocycles. The third kappa shape index (κ3) is 5.11. The van der Waals surface area contributed by atoms with Gasteiger partial charge in [0.15, 0.2) is 0 Å². The van der Waals surface area contributed by atoms with E-state index in [0.29, 0.717) is 45.8 Å². The molecular weight excluding hydrogens is 424 g/mol. The van der Waals surface area contributed by atoms with Crippen LogP contribution in [-0.2, 0) is 14.4 Å². The van der Waals surface area contributed by atoms with Crippen LogP contribution in [0.25, 0.3) is 0 Å². The first kappa shape index (κ1) is 20.8. The zero-order valence-electron chi connectivity index (χ0n) is 16.2. The fourth-order valence-corrected chi connectivity index (χ4v) is 3.92. The quantitative estimate of drug-likeness (QED) is 0.711. The van der Waals surface area contributed by atoms with Crippen LogP contribution < -0.4 is 10.2 Å². The predicted molar refractivity (Wildman–Crippen MR) is 111 cm³/mol. The molecule has 1 N–H and O–H groups in total. The van der Waals surface area contributed by atoms with E-state index in [1.807, 2.05) is 36.1 Å². The SMILES string of the molecule is CCCNC(=O)CN1CCN(C(=O)C2CC(=O)N(c3ccc(Br)cc3)C2)CC1. The first-order valence-corrected chi connectivity index (χ1v) is 10.6. The molecule has 2 aliphatic heterocycles. The van der Waals surface area contributed by atoms with Crippen molar-refractivity contribution in [3.8, 4) is 0 Å². The Balaban J connectivity index is 1.49. The van der Waals surface area contributed by atoms with Crippen molar-refractivity contribution in [1.29, 1.82) is 0 Å². The van der Waals surface area contributed by atoms with Gasteiger partial charge in [-0.1, -0.05) is 22.9 Å². The van der Waals surface area contributed by atoms with Crippen molar-refractivity contribution in [2.24, 2.45) is 5.92 Å². The highest BCUT2D eigenvalue weighted by molar-refractivity contribution is 9.10. The number of halogens is 1. The van der Waals surface area contributed by atoms with Gasteiger partial charge in [-0.25, -0.2) is 0 Å². The van der Waals surface area contributed by atoms with E-state index in [1.165, 1.54) is 0 Å². The third-order valence-corrected chi connectivity index (χ3v) is 5.76. The Labute approximate surface area is 174 Å². The lowest BCUT2D eigenvalue weighted by atomic mass is 10.1. The molecule has 0 radical (unpaired) electrons. The summed E-state index contributed by atoms with van der Waals surface area (Å²) in [4.78, 5) is 42.7. The average molecular weight is 451 g/mol. The van der Waals surface area contributed by atoms with Crippen LogP contribution in [0.15, 0.2) is 28.7 Å². The highest BCUT2D eigenvalue weighted by Crippen LogP contribution is 2.27. The van der Waals surface area contributed by atoms with Gasteiger partial charge < -0.3 is 15.1 Å². The van der Waals surface area contributed by atoms with E-state index in [0.717, 1.165) is 16.6 Å². The minimum atomic E-state index is -0.296. The molecule has 1 aromatic rings. The summed E-state index contributed by atoms with van der Waals surface area (Å²) in [5, 5.41) is 2.88. The van der Waals surface area contributed by atoms with Gasteiger partial charge in [-0.15, -0.1) is 0 Å². The fourth-order valence-electron chi connectivity index (χ4n) is 3.65. The molecule has 2 aliphatic rings. The molecule has 1 unspecified atom stereocenters. The highest BCUT2D eigenvalue weighted by Gasteiger charge is 2.38. The Hall–Kier alpha value is -1.93. The number of nitrogens with one attached hydrogen (secondary N) is 1. The maximum atomic E-state index is 12.9. The van der Waals surface area contributed by atoms with Crippen LogP contribution in [0.4, 0.5) is 5.69 Å². The molecule has 3 rings (SSSR count).